The zero-order valence-electron chi connectivity index (χ0n) is 13.5. The van der Waals surface area contributed by atoms with Crippen molar-refractivity contribution in [1.82, 2.24) is 5.32 Å². The lowest BCUT2D eigenvalue weighted by Gasteiger charge is -2.26. The topological polar surface area (TPSA) is 89.3 Å². The SMILES string of the molecule is CC(C)S(=O)(=O)c1ccc(C(=O)NC2CCC(N)CC2)cc1.Cl. The van der Waals surface area contributed by atoms with E-state index in [1.165, 1.54) is 12.1 Å². The molecule has 1 aliphatic carbocycles. The van der Waals surface area contributed by atoms with Crippen molar-refractivity contribution in [2.45, 2.75) is 61.8 Å². The van der Waals surface area contributed by atoms with Crippen LogP contribution < -0.4 is 11.1 Å². The van der Waals surface area contributed by atoms with Crippen molar-refractivity contribution in [3.05, 3.63) is 29.8 Å². The smallest absolute Gasteiger partial charge is 0.251 e. The lowest BCUT2D eigenvalue weighted by molar-refractivity contribution is 0.0926. The Labute approximate surface area is 144 Å². The molecule has 0 bridgehead atoms. The normalized spacial score (nSPS) is 21.6. The van der Waals surface area contributed by atoms with Crippen LogP contribution in [-0.2, 0) is 9.84 Å². The molecule has 7 heteroatoms. The number of rotatable bonds is 4. The van der Waals surface area contributed by atoms with Gasteiger partial charge in [0, 0.05) is 17.6 Å². The van der Waals surface area contributed by atoms with Crippen LogP contribution in [0.15, 0.2) is 29.2 Å². The van der Waals surface area contributed by atoms with E-state index in [2.05, 4.69) is 5.32 Å². The van der Waals surface area contributed by atoms with Gasteiger partial charge in [0.15, 0.2) is 9.84 Å². The summed E-state index contributed by atoms with van der Waals surface area (Å²) in [5.74, 6) is -0.158. The number of halogens is 1. The minimum absolute atomic E-state index is 0. The Morgan fingerprint density at radius 2 is 1.65 bits per heavy atom. The Morgan fingerprint density at radius 1 is 1.13 bits per heavy atom. The van der Waals surface area contributed by atoms with Crippen LogP contribution in [0, 0.1) is 0 Å². The fraction of sp³-hybridized carbons (Fsp3) is 0.562. The number of hydrogen-bond acceptors (Lipinski definition) is 4. The van der Waals surface area contributed by atoms with Crippen molar-refractivity contribution in [2.75, 3.05) is 0 Å². The van der Waals surface area contributed by atoms with Gasteiger partial charge in [-0.05, 0) is 63.8 Å². The van der Waals surface area contributed by atoms with Crippen molar-refractivity contribution < 1.29 is 13.2 Å². The molecule has 0 aliphatic heterocycles. The van der Waals surface area contributed by atoms with Crippen LogP contribution in [-0.4, -0.2) is 31.7 Å². The zero-order valence-corrected chi connectivity index (χ0v) is 15.1. The number of hydrogen-bond donors (Lipinski definition) is 2. The molecule has 130 valence electrons. The van der Waals surface area contributed by atoms with Crippen LogP contribution in [0.4, 0.5) is 0 Å². The van der Waals surface area contributed by atoms with Crippen LogP contribution in [0.5, 0.6) is 0 Å². The predicted octanol–water partition coefficient (Wildman–Crippen LogP) is 2.29. The lowest BCUT2D eigenvalue weighted by Crippen LogP contribution is -2.40. The largest absolute Gasteiger partial charge is 0.349 e. The molecule has 0 aromatic heterocycles. The zero-order chi connectivity index (χ0) is 16.3. The second kappa shape index (κ2) is 8.13. The maximum atomic E-state index is 12.2. The summed E-state index contributed by atoms with van der Waals surface area (Å²) in [5, 5.41) is 2.52. The van der Waals surface area contributed by atoms with Gasteiger partial charge >= 0.3 is 0 Å². The molecule has 1 aromatic rings. The second-order valence-electron chi connectivity index (χ2n) is 6.20. The molecule has 0 spiro atoms. The molecule has 3 N–H and O–H groups in total. The molecule has 0 heterocycles. The van der Waals surface area contributed by atoms with Gasteiger partial charge in [0.2, 0.25) is 0 Å². The molecular weight excluding hydrogens is 336 g/mol. The maximum absolute atomic E-state index is 12.2. The van der Waals surface area contributed by atoms with E-state index in [1.807, 2.05) is 0 Å². The van der Waals surface area contributed by atoms with Crippen molar-refractivity contribution in [1.29, 1.82) is 0 Å². The Morgan fingerprint density at radius 3 is 2.13 bits per heavy atom. The van der Waals surface area contributed by atoms with Crippen molar-refractivity contribution >= 4 is 28.2 Å². The van der Waals surface area contributed by atoms with Crippen molar-refractivity contribution in [3.8, 4) is 0 Å². The molecule has 0 saturated heterocycles. The number of sulfone groups is 1. The fourth-order valence-electron chi connectivity index (χ4n) is 2.60. The molecule has 1 amide bonds. The summed E-state index contributed by atoms with van der Waals surface area (Å²) in [7, 11) is -3.30. The highest BCUT2D eigenvalue weighted by molar-refractivity contribution is 7.92. The van der Waals surface area contributed by atoms with Crippen molar-refractivity contribution in [3.63, 3.8) is 0 Å². The molecule has 0 atom stereocenters. The first-order valence-corrected chi connectivity index (χ1v) is 9.25. The second-order valence-corrected chi connectivity index (χ2v) is 8.71. The number of nitrogens with two attached hydrogens (primary N) is 1. The Balaban J connectivity index is 0.00000264. The monoisotopic (exact) mass is 360 g/mol. The van der Waals surface area contributed by atoms with Crippen LogP contribution in [0.25, 0.3) is 0 Å². The Hall–Kier alpha value is -1.11. The summed E-state index contributed by atoms with van der Waals surface area (Å²) in [4.78, 5) is 12.4. The van der Waals surface area contributed by atoms with Gasteiger partial charge in [-0.1, -0.05) is 0 Å². The van der Waals surface area contributed by atoms with E-state index in [1.54, 1.807) is 26.0 Å². The third-order valence-corrected chi connectivity index (χ3v) is 6.34. The molecule has 1 aliphatic rings. The highest BCUT2D eigenvalue weighted by atomic mass is 35.5. The molecule has 23 heavy (non-hydrogen) atoms. The Bertz CT molecular complexity index is 621. The quantitative estimate of drug-likeness (QED) is 0.862. The van der Waals surface area contributed by atoms with Crippen LogP contribution in [0.3, 0.4) is 0 Å². The van der Waals surface area contributed by atoms with Gasteiger partial charge < -0.3 is 11.1 Å². The van der Waals surface area contributed by atoms with E-state index in [9.17, 15) is 13.2 Å². The van der Waals surface area contributed by atoms with Gasteiger partial charge in [-0.3, -0.25) is 4.79 Å². The number of amides is 1. The molecule has 1 fully saturated rings. The minimum atomic E-state index is -3.30. The molecular formula is C16H25ClN2O3S. The molecule has 2 rings (SSSR count). The summed E-state index contributed by atoms with van der Waals surface area (Å²) < 4.78 is 24.1. The average Bonchev–Trinajstić information content (AvgIpc) is 2.49. The maximum Gasteiger partial charge on any atom is 0.251 e. The highest BCUT2D eigenvalue weighted by Crippen LogP contribution is 2.19. The van der Waals surface area contributed by atoms with Crippen molar-refractivity contribution in [2.24, 2.45) is 5.73 Å². The van der Waals surface area contributed by atoms with E-state index >= 15 is 0 Å². The van der Waals surface area contributed by atoms with Crippen LogP contribution in [0.1, 0.15) is 49.9 Å². The minimum Gasteiger partial charge on any atom is -0.349 e. The van der Waals surface area contributed by atoms with Gasteiger partial charge in [-0.25, -0.2) is 8.42 Å². The molecule has 0 radical (unpaired) electrons. The summed E-state index contributed by atoms with van der Waals surface area (Å²) >= 11 is 0. The van der Waals surface area contributed by atoms with Gasteiger partial charge in [0.05, 0.1) is 10.1 Å². The number of carbonyl (C=O) groups is 1. The van der Waals surface area contributed by atoms with E-state index in [-0.39, 0.29) is 35.3 Å². The van der Waals surface area contributed by atoms with Gasteiger partial charge in [0.25, 0.3) is 5.91 Å². The van der Waals surface area contributed by atoms with E-state index in [0.29, 0.717) is 5.56 Å². The number of nitrogens with one attached hydrogen (secondary N) is 1. The first kappa shape index (κ1) is 19.9. The summed E-state index contributed by atoms with van der Waals surface area (Å²) in [6.45, 7) is 3.29. The molecule has 0 unspecified atom stereocenters. The highest BCUT2D eigenvalue weighted by Gasteiger charge is 2.22. The van der Waals surface area contributed by atoms with E-state index in [4.69, 9.17) is 5.73 Å². The lowest BCUT2D eigenvalue weighted by atomic mass is 9.91. The fourth-order valence-corrected chi connectivity index (χ4v) is 3.66. The first-order valence-electron chi connectivity index (χ1n) is 7.71. The average molecular weight is 361 g/mol. The van der Waals surface area contributed by atoms with Crippen LogP contribution >= 0.6 is 12.4 Å². The third kappa shape index (κ3) is 4.93. The summed E-state index contributed by atoms with van der Waals surface area (Å²) in [6, 6.07) is 6.54. The predicted molar refractivity (Wildman–Crippen MR) is 93.7 cm³/mol. The van der Waals surface area contributed by atoms with Gasteiger partial charge in [-0.2, -0.15) is 0 Å². The third-order valence-electron chi connectivity index (χ3n) is 4.17. The first-order chi connectivity index (χ1) is 10.3. The Kier molecular flexibility index (Phi) is 7.04. The summed E-state index contributed by atoms with van der Waals surface area (Å²) in [6.07, 6.45) is 3.65. The van der Waals surface area contributed by atoms with E-state index in [0.717, 1.165) is 25.7 Å². The van der Waals surface area contributed by atoms with Crippen LogP contribution in [0.2, 0.25) is 0 Å². The van der Waals surface area contributed by atoms with E-state index < -0.39 is 15.1 Å². The van der Waals surface area contributed by atoms with Gasteiger partial charge in [0.1, 0.15) is 0 Å². The molecule has 1 aromatic carbocycles. The molecule has 5 nitrogen and oxygen atoms in total. The number of carbonyl (C=O) groups excluding carboxylic acids is 1. The summed E-state index contributed by atoms with van der Waals surface area (Å²) in [5.41, 5.74) is 6.33. The molecule has 1 saturated carbocycles. The van der Waals surface area contributed by atoms with Gasteiger partial charge in [-0.15, -0.1) is 12.4 Å². The standard InChI is InChI=1S/C16H24N2O3S.ClH/c1-11(2)22(20,21)15-9-3-12(4-10-15)16(19)18-14-7-5-13(17)6-8-14;/h3-4,9-11,13-14H,5-8,17H2,1-2H3,(H,18,19);1H. The number of benzene rings is 1.